The number of hydrogen-bond acceptors (Lipinski definition) is 3. The molecular formula is C22H20N2O3S. The van der Waals surface area contributed by atoms with Gasteiger partial charge < -0.3 is 5.32 Å². The molecule has 1 amide bonds. The zero-order chi connectivity index (χ0) is 19.7. The van der Waals surface area contributed by atoms with Crippen molar-refractivity contribution in [3.8, 4) is 0 Å². The van der Waals surface area contributed by atoms with Gasteiger partial charge >= 0.3 is 0 Å². The largest absolute Gasteiger partial charge is 0.321 e. The molecule has 0 atom stereocenters. The van der Waals surface area contributed by atoms with Crippen molar-refractivity contribution in [3.63, 3.8) is 0 Å². The second-order valence-corrected chi connectivity index (χ2v) is 8.50. The molecule has 0 bridgehead atoms. The van der Waals surface area contributed by atoms with Crippen LogP contribution >= 0.6 is 0 Å². The number of anilines is 1. The summed E-state index contributed by atoms with van der Waals surface area (Å²) in [5.41, 5.74) is 3.78. The van der Waals surface area contributed by atoms with Gasteiger partial charge in [0.15, 0.2) is 0 Å². The van der Waals surface area contributed by atoms with Crippen molar-refractivity contribution in [1.82, 2.24) is 4.72 Å². The van der Waals surface area contributed by atoms with E-state index in [1.165, 1.54) is 46.9 Å². The first kappa shape index (κ1) is 18.4. The maximum atomic E-state index is 12.7. The SMILES string of the molecule is C=CCNS(=O)(=O)c1ccc(C(=O)Nc2ccc3c4c(cccc24)CC3)cc1. The van der Waals surface area contributed by atoms with Gasteiger partial charge in [-0.3, -0.25) is 4.79 Å². The number of benzene rings is 3. The maximum absolute atomic E-state index is 12.7. The van der Waals surface area contributed by atoms with Crippen LogP contribution in [0.1, 0.15) is 21.5 Å². The summed E-state index contributed by atoms with van der Waals surface area (Å²) in [6, 6.07) is 16.0. The van der Waals surface area contributed by atoms with Crippen LogP contribution in [0.4, 0.5) is 5.69 Å². The average Bonchev–Trinajstić information content (AvgIpc) is 3.13. The fourth-order valence-corrected chi connectivity index (χ4v) is 4.59. The van der Waals surface area contributed by atoms with Gasteiger partial charge in [-0.05, 0) is 59.7 Å². The minimum atomic E-state index is -3.61. The van der Waals surface area contributed by atoms with Crippen LogP contribution in [0.25, 0.3) is 10.8 Å². The molecule has 0 heterocycles. The molecular weight excluding hydrogens is 372 g/mol. The molecule has 0 unspecified atom stereocenters. The van der Waals surface area contributed by atoms with Gasteiger partial charge in [-0.2, -0.15) is 0 Å². The van der Waals surface area contributed by atoms with E-state index in [0.717, 1.165) is 23.9 Å². The summed E-state index contributed by atoms with van der Waals surface area (Å²) in [5.74, 6) is -0.276. The Morgan fingerprint density at radius 2 is 1.71 bits per heavy atom. The molecule has 2 N–H and O–H groups in total. The highest BCUT2D eigenvalue weighted by atomic mass is 32.2. The molecule has 3 aromatic carbocycles. The molecule has 5 nitrogen and oxygen atoms in total. The summed E-state index contributed by atoms with van der Waals surface area (Å²) in [6.45, 7) is 3.64. The van der Waals surface area contributed by atoms with Crippen molar-refractivity contribution in [1.29, 1.82) is 0 Å². The van der Waals surface area contributed by atoms with E-state index in [0.29, 0.717) is 5.56 Å². The molecule has 3 aromatic rings. The molecule has 0 saturated carbocycles. The van der Waals surface area contributed by atoms with E-state index in [2.05, 4.69) is 28.8 Å². The van der Waals surface area contributed by atoms with Gasteiger partial charge in [0.1, 0.15) is 0 Å². The lowest BCUT2D eigenvalue weighted by molar-refractivity contribution is 0.102. The zero-order valence-corrected chi connectivity index (χ0v) is 16.1. The van der Waals surface area contributed by atoms with Gasteiger partial charge in [0.25, 0.3) is 5.91 Å². The number of carbonyl (C=O) groups is 1. The van der Waals surface area contributed by atoms with Crippen LogP contribution in [0.5, 0.6) is 0 Å². The van der Waals surface area contributed by atoms with Crippen LogP contribution in [0.15, 0.2) is 72.1 Å². The van der Waals surface area contributed by atoms with Crippen LogP contribution in [-0.2, 0) is 22.9 Å². The van der Waals surface area contributed by atoms with Gasteiger partial charge in [0, 0.05) is 23.2 Å². The Labute approximate surface area is 164 Å². The molecule has 0 spiro atoms. The summed E-state index contributed by atoms with van der Waals surface area (Å²) in [7, 11) is -3.61. The Morgan fingerprint density at radius 1 is 1.00 bits per heavy atom. The molecule has 0 saturated heterocycles. The monoisotopic (exact) mass is 392 g/mol. The normalized spacial score (nSPS) is 12.9. The first-order chi connectivity index (χ1) is 13.5. The maximum Gasteiger partial charge on any atom is 0.255 e. The van der Waals surface area contributed by atoms with Gasteiger partial charge in [0.2, 0.25) is 10.0 Å². The van der Waals surface area contributed by atoms with Crippen molar-refractivity contribution in [2.45, 2.75) is 17.7 Å². The van der Waals surface area contributed by atoms with E-state index in [4.69, 9.17) is 0 Å². The number of rotatable bonds is 6. The first-order valence-electron chi connectivity index (χ1n) is 9.05. The number of amides is 1. The second kappa shape index (κ2) is 7.22. The zero-order valence-electron chi connectivity index (χ0n) is 15.2. The number of hydrogen-bond donors (Lipinski definition) is 2. The molecule has 0 aromatic heterocycles. The summed E-state index contributed by atoms with van der Waals surface area (Å²) in [6.07, 6.45) is 3.53. The van der Waals surface area contributed by atoms with Crippen molar-refractivity contribution >= 4 is 32.4 Å². The minimum Gasteiger partial charge on any atom is -0.321 e. The standard InChI is InChI=1S/C22H20N2O3S/c1-2-14-23-28(26,27)18-11-8-17(9-12-18)22(25)24-20-13-10-16-7-6-15-4-3-5-19(20)21(15)16/h2-5,8-13,23H,1,6-7,14H2,(H,24,25). The van der Waals surface area contributed by atoms with E-state index < -0.39 is 10.0 Å². The Kier molecular flexibility index (Phi) is 4.75. The summed E-state index contributed by atoms with van der Waals surface area (Å²) in [5, 5.41) is 5.23. The lowest BCUT2D eigenvalue weighted by atomic mass is 10.0. The van der Waals surface area contributed by atoms with E-state index in [1.807, 2.05) is 18.2 Å². The lowest BCUT2D eigenvalue weighted by Gasteiger charge is -2.11. The number of nitrogens with one attached hydrogen (secondary N) is 2. The molecule has 4 rings (SSSR count). The molecule has 0 fully saturated rings. The summed E-state index contributed by atoms with van der Waals surface area (Å²) >= 11 is 0. The molecule has 0 aliphatic heterocycles. The molecule has 6 heteroatoms. The predicted octanol–water partition coefficient (Wildman–Crippen LogP) is 3.66. The predicted molar refractivity (Wildman–Crippen MR) is 111 cm³/mol. The van der Waals surface area contributed by atoms with Crippen molar-refractivity contribution in [2.24, 2.45) is 0 Å². The number of aryl methyl sites for hydroxylation is 2. The molecule has 1 aliphatic carbocycles. The Balaban J connectivity index is 1.58. The van der Waals surface area contributed by atoms with Crippen LogP contribution in [0.2, 0.25) is 0 Å². The molecule has 0 radical (unpaired) electrons. The summed E-state index contributed by atoms with van der Waals surface area (Å²) in [4.78, 5) is 12.8. The average molecular weight is 392 g/mol. The first-order valence-corrected chi connectivity index (χ1v) is 10.5. The smallest absolute Gasteiger partial charge is 0.255 e. The lowest BCUT2D eigenvalue weighted by Crippen LogP contribution is -2.23. The minimum absolute atomic E-state index is 0.108. The van der Waals surface area contributed by atoms with E-state index in [9.17, 15) is 13.2 Å². The van der Waals surface area contributed by atoms with Crippen LogP contribution < -0.4 is 10.0 Å². The van der Waals surface area contributed by atoms with Gasteiger partial charge in [-0.25, -0.2) is 13.1 Å². The highest BCUT2D eigenvalue weighted by Gasteiger charge is 2.18. The molecule has 142 valence electrons. The topological polar surface area (TPSA) is 75.3 Å². The van der Waals surface area contributed by atoms with Crippen LogP contribution in [0.3, 0.4) is 0 Å². The third-order valence-electron chi connectivity index (χ3n) is 4.97. The highest BCUT2D eigenvalue weighted by Crippen LogP contribution is 2.35. The van der Waals surface area contributed by atoms with Gasteiger partial charge in [-0.1, -0.05) is 30.3 Å². The third kappa shape index (κ3) is 3.32. The van der Waals surface area contributed by atoms with Crippen LogP contribution in [-0.4, -0.2) is 20.9 Å². The molecule has 1 aliphatic rings. The van der Waals surface area contributed by atoms with Crippen LogP contribution in [0, 0.1) is 0 Å². The highest BCUT2D eigenvalue weighted by molar-refractivity contribution is 7.89. The fourth-order valence-electron chi connectivity index (χ4n) is 3.59. The van der Waals surface area contributed by atoms with Crippen molar-refractivity contribution in [2.75, 3.05) is 11.9 Å². The van der Waals surface area contributed by atoms with E-state index in [1.54, 1.807) is 0 Å². The Bertz CT molecular complexity index is 1170. The van der Waals surface area contributed by atoms with Gasteiger partial charge in [0.05, 0.1) is 4.90 Å². The number of sulfonamides is 1. The van der Waals surface area contributed by atoms with Crippen molar-refractivity contribution < 1.29 is 13.2 Å². The van der Waals surface area contributed by atoms with Crippen molar-refractivity contribution in [3.05, 3.63) is 83.9 Å². The van der Waals surface area contributed by atoms with E-state index >= 15 is 0 Å². The summed E-state index contributed by atoms with van der Waals surface area (Å²) < 4.78 is 26.6. The second-order valence-electron chi connectivity index (χ2n) is 6.73. The molecule has 28 heavy (non-hydrogen) atoms. The van der Waals surface area contributed by atoms with E-state index in [-0.39, 0.29) is 17.3 Å². The fraction of sp³-hybridized carbons (Fsp3) is 0.136. The Morgan fingerprint density at radius 3 is 2.43 bits per heavy atom. The van der Waals surface area contributed by atoms with Gasteiger partial charge in [-0.15, -0.1) is 6.58 Å². The Hall–Kier alpha value is -2.96. The quantitative estimate of drug-likeness (QED) is 0.629. The third-order valence-corrected chi connectivity index (χ3v) is 6.41. The number of carbonyl (C=O) groups excluding carboxylic acids is 1.